The summed E-state index contributed by atoms with van der Waals surface area (Å²) in [5, 5.41) is 24.5. The summed E-state index contributed by atoms with van der Waals surface area (Å²) in [6.45, 7) is 6.45. The second-order valence-electron chi connectivity index (χ2n) is 11.9. The number of nitriles is 1. The normalized spacial score (nSPS) is 21.6. The number of oxazole rings is 1. The monoisotopic (exact) mass is 596 g/mol. The van der Waals surface area contributed by atoms with Crippen molar-refractivity contribution in [3.8, 4) is 6.07 Å². The number of benzene rings is 2. The minimum absolute atomic E-state index is 0.203. The molecule has 7 rings (SSSR count). The summed E-state index contributed by atoms with van der Waals surface area (Å²) in [7, 11) is 0. The lowest BCUT2D eigenvalue weighted by molar-refractivity contribution is 0.112. The number of carbonyl (C=O) groups is 1. The smallest absolute Gasteiger partial charge is 0.225 e. The van der Waals surface area contributed by atoms with Crippen LogP contribution in [0.1, 0.15) is 51.8 Å². The van der Waals surface area contributed by atoms with E-state index in [0.717, 1.165) is 40.6 Å². The molecule has 0 spiro atoms. The number of aliphatic hydroxyl groups is 1. The number of aryl methyl sites for hydroxylation is 1. The van der Waals surface area contributed by atoms with Crippen molar-refractivity contribution in [1.29, 1.82) is 5.26 Å². The average Bonchev–Trinajstić information content (AvgIpc) is 3.68. The predicted molar refractivity (Wildman–Crippen MR) is 172 cm³/mol. The molecule has 224 valence electrons. The summed E-state index contributed by atoms with van der Waals surface area (Å²) in [4.78, 5) is 28.4. The van der Waals surface area contributed by atoms with Crippen molar-refractivity contribution in [2.75, 3.05) is 18.4 Å². The molecule has 2 aliphatic rings. The third-order valence-electron chi connectivity index (χ3n) is 9.00. The third-order valence-corrected chi connectivity index (χ3v) is 9.00. The average molecular weight is 597 g/mol. The number of likely N-dealkylation sites (tertiary alicyclic amines) is 1. The number of hydrogen-bond donors (Lipinski definition) is 2. The molecule has 3 atom stereocenters. The van der Waals surface area contributed by atoms with Crippen molar-refractivity contribution < 1.29 is 14.3 Å². The Kier molecular flexibility index (Phi) is 7.24. The van der Waals surface area contributed by atoms with Gasteiger partial charge < -0.3 is 14.8 Å². The maximum absolute atomic E-state index is 11.6. The van der Waals surface area contributed by atoms with Gasteiger partial charge in [0.25, 0.3) is 0 Å². The molecule has 45 heavy (non-hydrogen) atoms. The molecule has 2 aromatic carbocycles. The van der Waals surface area contributed by atoms with E-state index in [1.807, 2.05) is 36.5 Å². The first-order valence-corrected chi connectivity index (χ1v) is 15.1. The Balaban J connectivity index is 1.35. The van der Waals surface area contributed by atoms with Gasteiger partial charge in [0, 0.05) is 48.9 Å². The second-order valence-corrected chi connectivity index (χ2v) is 11.9. The van der Waals surface area contributed by atoms with Crippen LogP contribution in [0.2, 0.25) is 0 Å². The van der Waals surface area contributed by atoms with Gasteiger partial charge in [0.1, 0.15) is 28.9 Å². The van der Waals surface area contributed by atoms with Crippen LogP contribution in [-0.4, -0.2) is 50.4 Å². The van der Waals surface area contributed by atoms with Gasteiger partial charge >= 0.3 is 0 Å². The first kappa shape index (κ1) is 28.6. The number of nitrogens with one attached hydrogen (secondary N) is 1. The summed E-state index contributed by atoms with van der Waals surface area (Å²) in [5.74, 6) is 0.711. The SMILES string of the molecule is Cc1ccccc1C1=CC=CC(Nc2nccc3cc(CN4CCC(O)C4)cnc23)(c2nc3cc(C=O)cc(C#N)c3o2)[C@@H]1C. The van der Waals surface area contributed by atoms with E-state index < -0.39 is 5.54 Å². The van der Waals surface area contributed by atoms with E-state index in [1.54, 1.807) is 12.3 Å². The molecule has 1 aliphatic heterocycles. The molecule has 4 heterocycles. The zero-order chi connectivity index (χ0) is 31.1. The van der Waals surface area contributed by atoms with Gasteiger partial charge in [-0.2, -0.15) is 5.26 Å². The lowest BCUT2D eigenvalue weighted by Gasteiger charge is -2.39. The number of aldehydes is 1. The van der Waals surface area contributed by atoms with Gasteiger partial charge in [0.05, 0.1) is 11.7 Å². The number of carbonyl (C=O) groups excluding carboxylic acids is 1. The molecule has 9 heteroatoms. The highest BCUT2D eigenvalue weighted by Crippen LogP contribution is 2.46. The van der Waals surface area contributed by atoms with E-state index >= 15 is 0 Å². The van der Waals surface area contributed by atoms with Crippen LogP contribution in [0, 0.1) is 24.2 Å². The number of nitrogens with zero attached hydrogens (tertiary/aromatic N) is 5. The molecule has 0 amide bonds. The topological polar surface area (TPSA) is 128 Å². The van der Waals surface area contributed by atoms with Crippen molar-refractivity contribution in [3.05, 3.63) is 113 Å². The number of rotatable bonds is 7. The molecule has 1 saturated heterocycles. The standard InChI is InChI=1S/C36H32N6O3/c1-22-6-3-4-7-29(22)30-8-5-11-36(23(30)2,35-40-31-16-24(21-43)14-27(17-37)33(31)45-35)41-34-32-26(9-12-38-34)15-25(18-39-32)19-42-13-10-28(44)20-42/h3-9,11-12,14-16,18,21,23,28,44H,10,13,19-20H2,1-2H3,(H,38,41)/t23-,28?,36?/m1/s1. The summed E-state index contributed by atoms with van der Waals surface area (Å²) in [6, 6.07) is 17.6. The Labute approximate surface area is 260 Å². The quantitative estimate of drug-likeness (QED) is 0.220. The number of aliphatic hydroxyl groups excluding tert-OH is 1. The molecular weight excluding hydrogens is 564 g/mol. The molecule has 5 aromatic rings. The zero-order valence-electron chi connectivity index (χ0n) is 25.1. The molecule has 0 bridgehead atoms. The van der Waals surface area contributed by atoms with Gasteiger partial charge in [-0.15, -0.1) is 0 Å². The van der Waals surface area contributed by atoms with Crippen LogP contribution in [-0.2, 0) is 12.1 Å². The van der Waals surface area contributed by atoms with Crippen LogP contribution in [0.5, 0.6) is 0 Å². The third kappa shape index (κ3) is 5.08. The first-order chi connectivity index (χ1) is 21.9. The van der Waals surface area contributed by atoms with Crippen molar-refractivity contribution >= 4 is 39.7 Å². The fourth-order valence-corrected chi connectivity index (χ4v) is 6.59. The highest BCUT2D eigenvalue weighted by Gasteiger charge is 2.45. The highest BCUT2D eigenvalue weighted by molar-refractivity contribution is 5.90. The van der Waals surface area contributed by atoms with Gasteiger partial charge in [0.2, 0.25) is 5.89 Å². The number of anilines is 1. The summed E-state index contributed by atoms with van der Waals surface area (Å²) in [6.07, 6.45) is 11.0. The number of hydrogen-bond acceptors (Lipinski definition) is 9. The van der Waals surface area contributed by atoms with Crippen LogP contribution >= 0.6 is 0 Å². The Morgan fingerprint density at radius 3 is 2.87 bits per heavy atom. The molecule has 0 saturated carbocycles. The van der Waals surface area contributed by atoms with E-state index in [2.05, 4.69) is 54.4 Å². The largest absolute Gasteiger partial charge is 0.436 e. The number of allylic oxidation sites excluding steroid dienone is 2. The Morgan fingerprint density at radius 1 is 1.22 bits per heavy atom. The Morgan fingerprint density at radius 2 is 2.09 bits per heavy atom. The first-order valence-electron chi connectivity index (χ1n) is 15.1. The molecule has 2 unspecified atom stereocenters. The van der Waals surface area contributed by atoms with Gasteiger partial charge in [-0.3, -0.25) is 14.7 Å². The van der Waals surface area contributed by atoms with Crippen LogP contribution in [0.15, 0.2) is 83.6 Å². The number of pyridine rings is 2. The van der Waals surface area contributed by atoms with E-state index in [4.69, 9.17) is 19.4 Å². The summed E-state index contributed by atoms with van der Waals surface area (Å²) in [5.41, 5.74) is 5.44. The zero-order valence-corrected chi connectivity index (χ0v) is 25.1. The lowest BCUT2D eigenvalue weighted by atomic mass is 9.73. The van der Waals surface area contributed by atoms with Crippen molar-refractivity contribution in [3.63, 3.8) is 0 Å². The van der Waals surface area contributed by atoms with Gasteiger partial charge in [-0.05, 0) is 65.9 Å². The summed E-state index contributed by atoms with van der Waals surface area (Å²) >= 11 is 0. The van der Waals surface area contributed by atoms with Crippen LogP contribution < -0.4 is 5.32 Å². The lowest BCUT2D eigenvalue weighted by Crippen LogP contribution is -2.42. The molecule has 3 aromatic heterocycles. The van der Waals surface area contributed by atoms with Crippen LogP contribution in [0.3, 0.4) is 0 Å². The summed E-state index contributed by atoms with van der Waals surface area (Å²) < 4.78 is 6.44. The Hall–Kier alpha value is -5.17. The van der Waals surface area contributed by atoms with Crippen molar-refractivity contribution in [2.24, 2.45) is 5.92 Å². The number of aromatic nitrogens is 3. The molecule has 2 N–H and O–H groups in total. The van der Waals surface area contributed by atoms with E-state index in [9.17, 15) is 15.2 Å². The molecular formula is C36H32N6O3. The maximum atomic E-state index is 11.6. The Bertz CT molecular complexity index is 2060. The number of β-amino-alcohol motifs (C(OH)–C–C–N with tert-alkyl or cyclic N) is 1. The molecule has 1 fully saturated rings. The number of fused-ring (bicyclic) bond motifs is 2. The fraction of sp³-hybridized carbons (Fsp3) is 0.250. The van der Waals surface area contributed by atoms with Gasteiger partial charge in [-0.1, -0.05) is 43.3 Å². The van der Waals surface area contributed by atoms with Gasteiger partial charge in [-0.25, -0.2) is 9.97 Å². The predicted octanol–water partition coefficient (Wildman–Crippen LogP) is 5.93. The van der Waals surface area contributed by atoms with Crippen molar-refractivity contribution in [2.45, 2.75) is 38.5 Å². The molecule has 1 aliphatic carbocycles. The van der Waals surface area contributed by atoms with Crippen LogP contribution in [0.4, 0.5) is 5.82 Å². The molecule has 0 radical (unpaired) electrons. The highest BCUT2D eigenvalue weighted by atomic mass is 16.4. The van der Waals surface area contributed by atoms with E-state index in [1.165, 1.54) is 6.07 Å². The minimum Gasteiger partial charge on any atom is -0.436 e. The van der Waals surface area contributed by atoms with E-state index in [0.29, 0.717) is 53.3 Å². The second kappa shape index (κ2) is 11.4. The van der Waals surface area contributed by atoms with Crippen LogP contribution in [0.25, 0.3) is 27.6 Å². The minimum atomic E-state index is -1.02. The fourth-order valence-electron chi connectivity index (χ4n) is 6.59. The van der Waals surface area contributed by atoms with Gasteiger partial charge in [0.15, 0.2) is 11.4 Å². The maximum Gasteiger partial charge on any atom is 0.225 e. The van der Waals surface area contributed by atoms with Crippen molar-refractivity contribution in [1.82, 2.24) is 19.9 Å². The molecule has 9 nitrogen and oxygen atoms in total. The van der Waals surface area contributed by atoms with E-state index in [-0.39, 0.29) is 17.6 Å².